The predicted molar refractivity (Wildman–Crippen MR) is 97.4 cm³/mol. The van der Waals surface area contributed by atoms with E-state index in [1.165, 1.54) is 23.9 Å². The first-order chi connectivity index (χ1) is 11.5. The number of Topliss-reactive ketones (excluding diaryl/α,β-unsaturated/α-hetero) is 1. The van der Waals surface area contributed by atoms with Gasteiger partial charge in [0.2, 0.25) is 0 Å². The molecule has 0 bridgehead atoms. The molecular formula is C16H12BrN3O3S. The third kappa shape index (κ3) is 3.82. The van der Waals surface area contributed by atoms with Crippen molar-refractivity contribution in [1.29, 1.82) is 0 Å². The number of benzene rings is 2. The van der Waals surface area contributed by atoms with Crippen molar-refractivity contribution in [2.45, 2.75) is 5.75 Å². The number of imidazole rings is 1. The minimum atomic E-state index is -0.439. The van der Waals surface area contributed by atoms with Crippen LogP contribution >= 0.6 is 27.7 Å². The number of rotatable bonds is 6. The summed E-state index contributed by atoms with van der Waals surface area (Å²) in [5, 5.41) is 10.8. The van der Waals surface area contributed by atoms with Crippen molar-refractivity contribution in [3.63, 3.8) is 0 Å². The van der Waals surface area contributed by atoms with Crippen molar-refractivity contribution in [2.24, 2.45) is 0 Å². The average molecular weight is 406 g/mol. The Labute approximate surface area is 149 Å². The predicted octanol–water partition coefficient (Wildman–Crippen LogP) is 4.35. The summed E-state index contributed by atoms with van der Waals surface area (Å²) in [4.78, 5) is 29.9. The van der Waals surface area contributed by atoms with E-state index in [0.717, 1.165) is 4.47 Å². The smallest absolute Gasteiger partial charge is 0.271 e. The number of carbonyl (C=O) groups is 1. The lowest BCUT2D eigenvalue weighted by Crippen LogP contribution is -2.02. The Morgan fingerprint density at radius 3 is 2.71 bits per heavy atom. The van der Waals surface area contributed by atoms with Gasteiger partial charge in [-0.05, 0) is 18.2 Å². The van der Waals surface area contributed by atoms with Gasteiger partial charge in [-0.25, -0.2) is 4.98 Å². The van der Waals surface area contributed by atoms with Gasteiger partial charge in [0.15, 0.2) is 5.78 Å². The van der Waals surface area contributed by atoms with E-state index in [1.54, 1.807) is 18.2 Å². The van der Waals surface area contributed by atoms with Crippen LogP contribution in [0.1, 0.15) is 16.2 Å². The number of nitro groups is 1. The Balaban J connectivity index is 1.62. The maximum Gasteiger partial charge on any atom is 0.271 e. The zero-order valence-electron chi connectivity index (χ0n) is 12.4. The molecule has 0 aliphatic carbocycles. The van der Waals surface area contributed by atoms with Crippen LogP contribution < -0.4 is 0 Å². The first-order valence-corrected chi connectivity index (χ1v) is 8.97. The topological polar surface area (TPSA) is 88.9 Å². The second kappa shape index (κ2) is 7.14. The van der Waals surface area contributed by atoms with Crippen LogP contribution in [0.15, 0.2) is 46.9 Å². The summed E-state index contributed by atoms with van der Waals surface area (Å²) in [5.41, 5.74) is 2.00. The number of thioether (sulfide) groups is 1. The Kier molecular flexibility index (Phi) is 4.96. The van der Waals surface area contributed by atoms with E-state index in [4.69, 9.17) is 0 Å². The minimum absolute atomic E-state index is 0.0239. The molecule has 3 rings (SSSR count). The number of halogens is 1. The van der Waals surface area contributed by atoms with Crippen molar-refractivity contribution in [3.8, 4) is 0 Å². The molecule has 3 aromatic rings. The minimum Gasteiger partial charge on any atom is -0.341 e. The summed E-state index contributed by atoms with van der Waals surface area (Å²) in [6.07, 6.45) is 0. The molecule has 122 valence electrons. The summed E-state index contributed by atoms with van der Waals surface area (Å²) >= 11 is 4.79. The van der Waals surface area contributed by atoms with Gasteiger partial charge < -0.3 is 4.98 Å². The van der Waals surface area contributed by atoms with Gasteiger partial charge in [-0.3, -0.25) is 14.9 Å². The van der Waals surface area contributed by atoms with E-state index in [1.807, 2.05) is 12.1 Å². The van der Waals surface area contributed by atoms with Gasteiger partial charge in [-0.1, -0.05) is 28.1 Å². The number of H-pyrrole nitrogens is 1. The molecule has 0 spiro atoms. The fourth-order valence-corrected chi connectivity index (χ4v) is 3.24. The van der Waals surface area contributed by atoms with Gasteiger partial charge in [0, 0.05) is 22.2 Å². The van der Waals surface area contributed by atoms with Crippen molar-refractivity contribution in [2.75, 3.05) is 5.75 Å². The molecular weight excluding hydrogens is 394 g/mol. The van der Waals surface area contributed by atoms with Crippen LogP contribution in [-0.4, -0.2) is 26.4 Å². The second-order valence-corrected chi connectivity index (χ2v) is 6.97. The summed E-state index contributed by atoms with van der Waals surface area (Å²) < 4.78 is 0.933. The van der Waals surface area contributed by atoms with E-state index >= 15 is 0 Å². The number of carbonyl (C=O) groups excluding carboxylic acids is 1. The van der Waals surface area contributed by atoms with Gasteiger partial charge in [-0.15, -0.1) is 11.8 Å². The third-order valence-corrected chi connectivity index (χ3v) is 4.84. The van der Waals surface area contributed by atoms with E-state index in [-0.39, 0.29) is 11.5 Å². The van der Waals surface area contributed by atoms with E-state index in [2.05, 4.69) is 25.9 Å². The fraction of sp³-hybridized carbons (Fsp3) is 0.125. The van der Waals surface area contributed by atoms with Gasteiger partial charge in [0.05, 0.1) is 27.5 Å². The Bertz CT molecular complexity index is 909. The first-order valence-electron chi connectivity index (χ1n) is 7.02. The van der Waals surface area contributed by atoms with Crippen LogP contribution in [0, 0.1) is 10.1 Å². The lowest BCUT2D eigenvalue weighted by molar-refractivity contribution is -0.384. The summed E-state index contributed by atoms with van der Waals surface area (Å²) in [6, 6.07) is 11.8. The van der Waals surface area contributed by atoms with Crippen LogP contribution in [0.5, 0.6) is 0 Å². The maximum atomic E-state index is 12.1. The van der Waals surface area contributed by atoms with Gasteiger partial charge in [-0.2, -0.15) is 0 Å². The van der Waals surface area contributed by atoms with Gasteiger partial charge in [0.25, 0.3) is 5.69 Å². The SMILES string of the molecule is O=C(CSCc1nc2ccc([N+](=O)[O-])cc2[nH]1)c1ccc(Br)cc1. The maximum absolute atomic E-state index is 12.1. The molecule has 0 aliphatic heterocycles. The van der Waals surface area contributed by atoms with Crippen molar-refractivity contribution < 1.29 is 9.72 Å². The molecule has 0 unspecified atom stereocenters. The number of nitrogens with zero attached hydrogens (tertiary/aromatic N) is 2. The molecule has 24 heavy (non-hydrogen) atoms. The van der Waals surface area contributed by atoms with Crippen molar-refractivity contribution >= 4 is 50.2 Å². The highest BCUT2D eigenvalue weighted by Gasteiger charge is 2.11. The van der Waals surface area contributed by atoms with E-state index < -0.39 is 4.92 Å². The number of nitro benzene ring substituents is 1. The molecule has 1 aromatic heterocycles. The lowest BCUT2D eigenvalue weighted by Gasteiger charge is -2.00. The Hall–Kier alpha value is -2.19. The standard InChI is InChI=1S/C16H12BrN3O3S/c17-11-3-1-10(2-4-11)15(21)8-24-9-16-18-13-6-5-12(20(22)23)7-14(13)19-16/h1-7H,8-9H2,(H,18,19). The largest absolute Gasteiger partial charge is 0.341 e. The summed E-state index contributed by atoms with van der Waals surface area (Å²) in [5.74, 6) is 1.63. The molecule has 1 heterocycles. The summed E-state index contributed by atoms with van der Waals surface area (Å²) in [6.45, 7) is 0. The molecule has 2 aromatic carbocycles. The number of aromatic amines is 1. The molecule has 8 heteroatoms. The number of non-ortho nitro benzene ring substituents is 1. The van der Waals surface area contributed by atoms with Crippen LogP contribution in [0.3, 0.4) is 0 Å². The molecule has 0 radical (unpaired) electrons. The Morgan fingerprint density at radius 2 is 2.00 bits per heavy atom. The third-order valence-electron chi connectivity index (χ3n) is 3.36. The van der Waals surface area contributed by atoms with Gasteiger partial charge in [0.1, 0.15) is 5.82 Å². The monoisotopic (exact) mass is 405 g/mol. The number of fused-ring (bicyclic) bond motifs is 1. The molecule has 0 atom stereocenters. The molecule has 0 saturated carbocycles. The van der Waals surface area contributed by atoms with Crippen LogP contribution in [0.4, 0.5) is 5.69 Å². The number of aromatic nitrogens is 2. The van der Waals surface area contributed by atoms with Crippen LogP contribution in [0.25, 0.3) is 11.0 Å². The lowest BCUT2D eigenvalue weighted by atomic mass is 10.2. The Morgan fingerprint density at radius 1 is 1.25 bits per heavy atom. The highest BCUT2D eigenvalue weighted by molar-refractivity contribution is 9.10. The van der Waals surface area contributed by atoms with Crippen LogP contribution in [-0.2, 0) is 5.75 Å². The molecule has 0 aliphatic rings. The zero-order valence-corrected chi connectivity index (χ0v) is 14.8. The summed E-state index contributed by atoms with van der Waals surface area (Å²) in [7, 11) is 0. The molecule has 6 nitrogen and oxygen atoms in total. The molecule has 0 fully saturated rings. The van der Waals surface area contributed by atoms with Crippen molar-refractivity contribution in [3.05, 3.63) is 68.4 Å². The highest BCUT2D eigenvalue weighted by atomic mass is 79.9. The van der Waals surface area contributed by atoms with Crippen LogP contribution in [0.2, 0.25) is 0 Å². The number of nitrogens with one attached hydrogen (secondary N) is 1. The van der Waals surface area contributed by atoms with Crippen molar-refractivity contribution in [1.82, 2.24) is 9.97 Å². The zero-order chi connectivity index (χ0) is 17.1. The number of hydrogen-bond donors (Lipinski definition) is 1. The normalized spacial score (nSPS) is 10.9. The number of ketones is 1. The molecule has 0 saturated heterocycles. The quantitative estimate of drug-likeness (QED) is 0.374. The highest BCUT2D eigenvalue weighted by Crippen LogP contribution is 2.21. The van der Waals surface area contributed by atoms with E-state index in [0.29, 0.717) is 33.9 Å². The molecule has 0 amide bonds. The first kappa shape index (κ1) is 16.7. The van der Waals surface area contributed by atoms with Gasteiger partial charge >= 0.3 is 0 Å². The number of hydrogen-bond acceptors (Lipinski definition) is 5. The van der Waals surface area contributed by atoms with E-state index in [9.17, 15) is 14.9 Å². The average Bonchev–Trinajstić information content (AvgIpc) is 2.97. The fourth-order valence-electron chi connectivity index (χ4n) is 2.19. The second-order valence-electron chi connectivity index (χ2n) is 5.06. The molecule has 1 N–H and O–H groups in total.